The number of nitrogens with zero attached hydrogens (tertiary/aromatic N) is 3. The zero-order valence-electron chi connectivity index (χ0n) is 22.1. The molecule has 0 unspecified atom stereocenters. The van der Waals surface area contributed by atoms with Crippen LogP contribution in [0.3, 0.4) is 0 Å². The summed E-state index contributed by atoms with van der Waals surface area (Å²) in [5.74, 6) is 0.0894. The monoisotopic (exact) mass is 515 g/mol. The van der Waals surface area contributed by atoms with Crippen LogP contribution in [0.25, 0.3) is 6.08 Å². The number of hydrogen-bond acceptors (Lipinski definition) is 8. The second-order valence-corrected chi connectivity index (χ2v) is 12.5. The summed E-state index contributed by atoms with van der Waals surface area (Å²) < 4.78 is 33.5. The zero-order valence-corrected chi connectivity index (χ0v) is 22.9. The summed E-state index contributed by atoms with van der Waals surface area (Å²) in [6.45, 7) is 15.6. The number of aromatic nitrogens is 2. The van der Waals surface area contributed by atoms with Crippen molar-refractivity contribution in [1.82, 2.24) is 14.7 Å². The van der Waals surface area contributed by atoms with Gasteiger partial charge in [-0.15, -0.1) is 0 Å². The summed E-state index contributed by atoms with van der Waals surface area (Å²) >= 11 is 0. The maximum atomic E-state index is 13.6. The average molecular weight is 516 g/mol. The number of nitrogens with one attached hydrogen (secondary N) is 1. The van der Waals surface area contributed by atoms with Crippen molar-refractivity contribution in [3.63, 3.8) is 0 Å². The van der Waals surface area contributed by atoms with E-state index in [2.05, 4.69) is 35.4 Å². The minimum Gasteiger partial charge on any atom is -0.501 e. The fraction of sp³-hybridized carbons (Fsp3) is 0.500. The predicted octanol–water partition coefficient (Wildman–Crippen LogP) is 4.11. The second-order valence-electron chi connectivity index (χ2n) is 10.9. The quantitative estimate of drug-likeness (QED) is 0.528. The number of carbonyl (C=O) groups is 1. The molecule has 36 heavy (non-hydrogen) atoms. The molecule has 10 heteroatoms. The van der Waals surface area contributed by atoms with Gasteiger partial charge in [0.2, 0.25) is 0 Å². The topological polar surface area (TPSA) is 128 Å². The van der Waals surface area contributed by atoms with Crippen molar-refractivity contribution in [2.24, 2.45) is 5.92 Å². The Hall–Kier alpha value is -3.14. The van der Waals surface area contributed by atoms with Crippen LogP contribution in [0.4, 0.5) is 11.6 Å². The number of amides is 1. The highest BCUT2D eigenvalue weighted by Gasteiger charge is 2.40. The molecule has 1 aliphatic heterocycles. The van der Waals surface area contributed by atoms with Crippen LogP contribution < -0.4 is 15.4 Å². The molecule has 2 aromatic heterocycles. The van der Waals surface area contributed by atoms with E-state index in [-0.39, 0.29) is 27.4 Å². The summed E-state index contributed by atoms with van der Waals surface area (Å²) in [5.41, 5.74) is 6.66. The van der Waals surface area contributed by atoms with E-state index in [4.69, 9.17) is 15.5 Å². The van der Waals surface area contributed by atoms with Crippen LogP contribution in [0.1, 0.15) is 76.5 Å². The summed E-state index contributed by atoms with van der Waals surface area (Å²) in [7, 11) is -4.26. The van der Waals surface area contributed by atoms with Gasteiger partial charge in [0.1, 0.15) is 11.6 Å². The SMILES string of the molecule is CCO/C=C/c1cc(C(=O)NS(=O)(=O)c2cccc(N)n2)c(N2C[C@@H](C)CC2(C)C)nc1C(C)(C)C. The third-order valence-electron chi connectivity index (χ3n) is 6.07. The number of sulfonamides is 1. The lowest BCUT2D eigenvalue weighted by atomic mass is 9.87. The predicted molar refractivity (Wildman–Crippen MR) is 142 cm³/mol. The van der Waals surface area contributed by atoms with Crippen LogP contribution in [0, 0.1) is 5.92 Å². The van der Waals surface area contributed by atoms with Gasteiger partial charge in [-0.2, -0.15) is 8.42 Å². The lowest BCUT2D eigenvalue weighted by Gasteiger charge is -2.35. The lowest BCUT2D eigenvalue weighted by Crippen LogP contribution is -2.41. The first-order valence-corrected chi connectivity index (χ1v) is 13.5. The molecule has 0 spiro atoms. The van der Waals surface area contributed by atoms with Gasteiger partial charge in [-0.1, -0.05) is 33.8 Å². The van der Waals surface area contributed by atoms with Crippen molar-refractivity contribution in [2.75, 3.05) is 23.8 Å². The summed E-state index contributed by atoms with van der Waals surface area (Å²) in [4.78, 5) is 24.5. The summed E-state index contributed by atoms with van der Waals surface area (Å²) in [5, 5.41) is -0.330. The van der Waals surface area contributed by atoms with E-state index < -0.39 is 15.9 Å². The molecule has 1 amide bonds. The molecule has 0 bridgehead atoms. The van der Waals surface area contributed by atoms with E-state index in [0.717, 1.165) is 12.1 Å². The minimum atomic E-state index is -4.26. The van der Waals surface area contributed by atoms with Gasteiger partial charge < -0.3 is 15.4 Å². The first kappa shape index (κ1) is 27.4. The van der Waals surface area contributed by atoms with Crippen molar-refractivity contribution in [1.29, 1.82) is 0 Å². The fourth-order valence-corrected chi connectivity index (χ4v) is 5.55. The molecule has 0 radical (unpaired) electrons. The maximum Gasteiger partial charge on any atom is 0.281 e. The van der Waals surface area contributed by atoms with Gasteiger partial charge >= 0.3 is 0 Å². The number of nitrogen functional groups attached to an aromatic ring is 1. The Morgan fingerprint density at radius 3 is 2.56 bits per heavy atom. The van der Waals surface area contributed by atoms with Gasteiger partial charge in [0.15, 0.2) is 5.03 Å². The Balaban J connectivity index is 2.18. The van der Waals surface area contributed by atoms with Gasteiger partial charge in [0.05, 0.1) is 24.1 Å². The average Bonchev–Trinajstić information content (AvgIpc) is 3.04. The Morgan fingerprint density at radius 2 is 2.00 bits per heavy atom. The van der Waals surface area contributed by atoms with E-state index in [9.17, 15) is 13.2 Å². The van der Waals surface area contributed by atoms with Crippen LogP contribution in [0.5, 0.6) is 0 Å². The van der Waals surface area contributed by atoms with Crippen LogP contribution in [0.2, 0.25) is 0 Å². The van der Waals surface area contributed by atoms with E-state index in [0.29, 0.717) is 30.5 Å². The molecular weight excluding hydrogens is 478 g/mol. The third kappa shape index (κ3) is 5.98. The normalized spacial score (nSPS) is 18.0. The molecule has 9 nitrogen and oxygen atoms in total. The summed E-state index contributed by atoms with van der Waals surface area (Å²) in [6.07, 6.45) is 4.23. The molecule has 0 saturated carbocycles. The second kappa shape index (κ2) is 10.1. The molecule has 3 rings (SSSR count). The highest BCUT2D eigenvalue weighted by Crippen LogP contribution is 2.39. The standard InChI is InChI=1S/C26H37N5O4S/c1-8-35-13-12-18-14-19(24(32)30-36(33,34)21-11-9-10-20(27)28-21)23(29-22(18)25(3,4)5)31-16-17(2)15-26(31,6)7/h9-14,17H,8,15-16H2,1-7H3,(H2,27,28)(H,30,32)/b13-12+/t17-/m0/s1. The molecule has 2 aromatic rings. The molecule has 0 aromatic carbocycles. The summed E-state index contributed by atoms with van der Waals surface area (Å²) in [6, 6.07) is 5.92. The highest BCUT2D eigenvalue weighted by molar-refractivity contribution is 7.90. The highest BCUT2D eigenvalue weighted by atomic mass is 32.2. The van der Waals surface area contributed by atoms with E-state index in [1.807, 2.05) is 27.7 Å². The van der Waals surface area contributed by atoms with Crippen molar-refractivity contribution in [3.8, 4) is 0 Å². The Morgan fingerprint density at radius 1 is 1.31 bits per heavy atom. The van der Waals surface area contributed by atoms with Crippen LogP contribution in [0.15, 0.2) is 35.6 Å². The van der Waals surface area contributed by atoms with E-state index >= 15 is 0 Å². The Bertz CT molecular complexity index is 1270. The van der Waals surface area contributed by atoms with E-state index in [1.165, 1.54) is 18.2 Å². The molecule has 1 aliphatic rings. The van der Waals surface area contributed by atoms with Gasteiger partial charge in [-0.05, 0) is 57.4 Å². The van der Waals surface area contributed by atoms with Gasteiger partial charge in [0.25, 0.3) is 15.9 Å². The zero-order chi connectivity index (χ0) is 26.9. The number of nitrogens with two attached hydrogens (primary N) is 1. The number of carbonyl (C=O) groups excluding carboxylic acids is 1. The van der Waals surface area contributed by atoms with Crippen molar-refractivity contribution < 1.29 is 17.9 Å². The largest absolute Gasteiger partial charge is 0.501 e. The van der Waals surface area contributed by atoms with Crippen molar-refractivity contribution >= 4 is 33.6 Å². The third-order valence-corrected chi connectivity index (χ3v) is 7.31. The first-order valence-electron chi connectivity index (χ1n) is 12.1. The number of hydrogen-bond donors (Lipinski definition) is 2. The number of ether oxygens (including phenoxy) is 1. The molecule has 196 valence electrons. The fourth-order valence-electron chi connectivity index (χ4n) is 4.61. The molecule has 3 heterocycles. The molecule has 3 N–H and O–H groups in total. The minimum absolute atomic E-state index is 0.0401. The Labute approximate surface area is 214 Å². The van der Waals surface area contributed by atoms with Gasteiger partial charge in [-0.3, -0.25) is 4.79 Å². The number of anilines is 2. The van der Waals surface area contributed by atoms with Crippen molar-refractivity contribution in [3.05, 3.63) is 47.3 Å². The maximum absolute atomic E-state index is 13.6. The van der Waals surface area contributed by atoms with Crippen LogP contribution in [-0.2, 0) is 20.2 Å². The number of pyridine rings is 2. The van der Waals surface area contributed by atoms with Gasteiger partial charge in [-0.25, -0.2) is 14.7 Å². The lowest BCUT2D eigenvalue weighted by molar-refractivity contribution is 0.0981. The van der Waals surface area contributed by atoms with Crippen LogP contribution in [-0.4, -0.2) is 43.0 Å². The number of rotatable bonds is 7. The van der Waals surface area contributed by atoms with E-state index in [1.54, 1.807) is 18.4 Å². The molecule has 0 aliphatic carbocycles. The van der Waals surface area contributed by atoms with Gasteiger partial charge in [0, 0.05) is 23.1 Å². The van der Waals surface area contributed by atoms with Crippen molar-refractivity contribution in [2.45, 2.75) is 70.9 Å². The molecule has 1 atom stereocenters. The molecular formula is C26H37N5O4S. The molecule has 1 fully saturated rings. The Kier molecular flexibility index (Phi) is 7.69. The molecule has 1 saturated heterocycles. The first-order chi connectivity index (χ1) is 16.7. The van der Waals surface area contributed by atoms with Crippen LogP contribution >= 0.6 is 0 Å². The smallest absolute Gasteiger partial charge is 0.281 e.